The first-order chi connectivity index (χ1) is 17.8. The van der Waals surface area contributed by atoms with Crippen LogP contribution in [0, 0.1) is 0 Å². The first-order valence-corrected chi connectivity index (χ1v) is 11.8. The van der Waals surface area contributed by atoms with Gasteiger partial charge in [0, 0.05) is 69.4 Å². The SMILES string of the molecule is C=Nc1c(/C=C\C)c2c(c3cccnc13)C=NC2/C=C1\N=Cc2c1c1cccnc1c1ncccc21. The minimum absolute atomic E-state index is 0.217. The average molecular weight is 465 g/mol. The van der Waals surface area contributed by atoms with E-state index in [1.165, 1.54) is 0 Å². The van der Waals surface area contributed by atoms with E-state index < -0.39 is 0 Å². The summed E-state index contributed by atoms with van der Waals surface area (Å²) < 4.78 is 0. The van der Waals surface area contributed by atoms with Crippen molar-refractivity contribution < 1.29 is 0 Å². The van der Waals surface area contributed by atoms with Gasteiger partial charge >= 0.3 is 0 Å². The standard InChI is InChI=1S/C30H20N6/c1-3-7-19-25-21(17-8-4-11-32-28(17)27(19)31-2)15-35-23(25)14-24-26-20-10-6-13-34-30(20)29-18(9-5-12-33-29)22(26)16-36-24/h3-16,23H,2H2,1H3/b7-3-,24-14-. The van der Waals surface area contributed by atoms with Crippen LogP contribution in [0.15, 0.2) is 82.1 Å². The van der Waals surface area contributed by atoms with Gasteiger partial charge in [0.15, 0.2) is 0 Å². The van der Waals surface area contributed by atoms with Crippen LogP contribution >= 0.6 is 0 Å². The predicted octanol–water partition coefficient (Wildman–Crippen LogP) is 6.64. The topological polar surface area (TPSA) is 75.8 Å². The molecule has 0 amide bonds. The number of hydrogen-bond acceptors (Lipinski definition) is 6. The van der Waals surface area contributed by atoms with Crippen LogP contribution in [0.4, 0.5) is 5.69 Å². The maximum Gasteiger partial charge on any atom is 0.0971 e. The molecule has 170 valence electrons. The second kappa shape index (κ2) is 7.85. The van der Waals surface area contributed by atoms with Gasteiger partial charge in [0.1, 0.15) is 0 Å². The monoisotopic (exact) mass is 464 g/mol. The number of aromatic nitrogens is 3. The number of fused-ring (bicyclic) bond motifs is 9. The highest BCUT2D eigenvalue weighted by molar-refractivity contribution is 6.20. The molecule has 2 aliphatic heterocycles. The minimum atomic E-state index is -0.217. The zero-order valence-electron chi connectivity index (χ0n) is 19.6. The van der Waals surface area contributed by atoms with Crippen molar-refractivity contribution in [2.24, 2.45) is 15.0 Å². The van der Waals surface area contributed by atoms with Crippen molar-refractivity contribution in [1.29, 1.82) is 0 Å². The summed E-state index contributed by atoms with van der Waals surface area (Å²) in [5.74, 6) is 0. The van der Waals surface area contributed by atoms with Crippen LogP contribution in [0.2, 0.25) is 0 Å². The van der Waals surface area contributed by atoms with Gasteiger partial charge in [-0.25, -0.2) is 0 Å². The zero-order chi connectivity index (χ0) is 24.2. The van der Waals surface area contributed by atoms with Gasteiger partial charge in [0.05, 0.1) is 34.0 Å². The molecule has 7 rings (SSSR count). The van der Waals surface area contributed by atoms with E-state index in [0.29, 0.717) is 0 Å². The second-order valence-electron chi connectivity index (χ2n) is 8.77. The number of pyridine rings is 3. The Morgan fingerprint density at radius 1 is 0.833 bits per heavy atom. The molecule has 1 atom stereocenters. The quantitative estimate of drug-likeness (QED) is 0.222. The van der Waals surface area contributed by atoms with Crippen LogP contribution in [0.25, 0.3) is 44.5 Å². The number of allylic oxidation sites excluding steroid dienone is 1. The van der Waals surface area contributed by atoms with Crippen molar-refractivity contribution in [3.63, 3.8) is 0 Å². The van der Waals surface area contributed by atoms with E-state index in [1.54, 1.807) is 6.20 Å². The molecule has 2 aliphatic rings. The van der Waals surface area contributed by atoms with Crippen LogP contribution in [-0.4, -0.2) is 34.1 Å². The largest absolute Gasteiger partial charge is 0.280 e. The van der Waals surface area contributed by atoms with Crippen molar-refractivity contribution >= 4 is 69.3 Å². The lowest BCUT2D eigenvalue weighted by Crippen LogP contribution is -1.99. The van der Waals surface area contributed by atoms with E-state index in [1.807, 2.05) is 56.0 Å². The molecule has 1 unspecified atom stereocenters. The van der Waals surface area contributed by atoms with Gasteiger partial charge in [-0.1, -0.05) is 30.4 Å². The third-order valence-corrected chi connectivity index (χ3v) is 6.88. The summed E-state index contributed by atoms with van der Waals surface area (Å²) >= 11 is 0. The average Bonchev–Trinajstić information content (AvgIpc) is 3.55. The molecule has 0 bridgehead atoms. The van der Waals surface area contributed by atoms with E-state index in [2.05, 4.69) is 57.0 Å². The molecule has 0 saturated carbocycles. The van der Waals surface area contributed by atoms with Crippen molar-refractivity contribution in [3.05, 3.63) is 95.0 Å². The number of aliphatic imine (C=N–C) groups is 3. The van der Waals surface area contributed by atoms with Crippen molar-refractivity contribution in [3.8, 4) is 0 Å². The Labute approximate surface area is 207 Å². The summed E-state index contributed by atoms with van der Waals surface area (Å²) in [6.45, 7) is 5.86. The Morgan fingerprint density at radius 3 is 2.22 bits per heavy atom. The summed E-state index contributed by atoms with van der Waals surface area (Å²) in [6, 6.07) is 11.9. The van der Waals surface area contributed by atoms with Gasteiger partial charge in [0.25, 0.3) is 0 Å². The lowest BCUT2D eigenvalue weighted by Gasteiger charge is -2.16. The molecule has 0 radical (unpaired) electrons. The van der Waals surface area contributed by atoms with Crippen LogP contribution in [0.3, 0.4) is 0 Å². The van der Waals surface area contributed by atoms with Crippen LogP contribution in [0.5, 0.6) is 0 Å². The second-order valence-corrected chi connectivity index (χ2v) is 8.77. The zero-order valence-corrected chi connectivity index (χ0v) is 19.6. The first kappa shape index (κ1) is 20.5. The van der Waals surface area contributed by atoms with Gasteiger partial charge in [-0.3, -0.25) is 29.9 Å². The van der Waals surface area contributed by atoms with E-state index in [9.17, 15) is 0 Å². The fraction of sp³-hybridized carbons (Fsp3) is 0.0667. The van der Waals surface area contributed by atoms with Crippen LogP contribution < -0.4 is 0 Å². The molecule has 5 heterocycles. The highest BCUT2D eigenvalue weighted by Crippen LogP contribution is 2.45. The molecule has 6 heteroatoms. The van der Waals surface area contributed by atoms with Crippen molar-refractivity contribution in [1.82, 2.24) is 15.0 Å². The normalized spacial score (nSPS) is 17.1. The molecular weight excluding hydrogens is 444 g/mol. The van der Waals surface area contributed by atoms with Gasteiger partial charge in [-0.05, 0) is 43.5 Å². The van der Waals surface area contributed by atoms with Gasteiger partial charge in [0.2, 0.25) is 0 Å². The Kier molecular flexibility index (Phi) is 4.48. The van der Waals surface area contributed by atoms with E-state index in [-0.39, 0.29) is 6.04 Å². The molecule has 36 heavy (non-hydrogen) atoms. The van der Waals surface area contributed by atoms with E-state index in [0.717, 1.165) is 71.9 Å². The summed E-state index contributed by atoms with van der Waals surface area (Å²) in [5, 5.41) is 3.11. The predicted molar refractivity (Wildman–Crippen MR) is 149 cm³/mol. The lowest BCUT2D eigenvalue weighted by molar-refractivity contribution is 0.940. The van der Waals surface area contributed by atoms with Crippen molar-refractivity contribution in [2.75, 3.05) is 0 Å². The smallest absolute Gasteiger partial charge is 0.0971 e. The highest BCUT2D eigenvalue weighted by atomic mass is 14.8. The van der Waals surface area contributed by atoms with Gasteiger partial charge in [-0.15, -0.1) is 0 Å². The number of nitrogens with zero attached hydrogens (tertiary/aromatic N) is 6. The summed E-state index contributed by atoms with van der Waals surface area (Å²) in [7, 11) is 0. The third kappa shape index (κ3) is 2.78. The Balaban J connectivity index is 1.50. The van der Waals surface area contributed by atoms with Crippen molar-refractivity contribution in [2.45, 2.75) is 13.0 Å². The number of rotatable bonds is 3. The molecule has 5 aromatic rings. The molecular formula is C30H20N6. The maximum absolute atomic E-state index is 4.92. The Morgan fingerprint density at radius 2 is 1.50 bits per heavy atom. The molecule has 0 aliphatic carbocycles. The van der Waals surface area contributed by atoms with E-state index in [4.69, 9.17) is 9.98 Å². The molecule has 0 spiro atoms. The Bertz CT molecular complexity index is 1880. The summed E-state index contributed by atoms with van der Waals surface area (Å²) in [6.07, 6.45) is 15.5. The Hall–Kier alpha value is -4.84. The van der Waals surface area contributed by atoms with Gasteiger partial charge < -0.3 is 0 Å². The molecule has 3 aromatic heterocycles. The molecule has 6 nitrogen and oxygen atoms in total. The molecule has 0 saturated heterocycles. The fourth-order valence-electron chi connectivity index (χ4n) is 5.44. The third-order valence-electron chi connectivity index (χ3n) is 6.88. The number of hydrogen-bond donors (Lipinski definition) is 0. The maximum atomic E-state index is 4.92. The fourth-order valence-corrected chi connectivity index (χ4v) is 5.44. The van der Waals surface area contributed by atoms with Crippen LogP contribution in [-0.2, 0) is 0 Å². The summed E-state index contributed by atoms with van der Waals surface area (Å²) in [4.78, 5) is 28.1. The minimum Gasteiger partial charge on any atom is -0.280 e. The molecule has 0 fully saturated rings. The lowest BCUT2D eigenvalue weighted by atomic mass is 9.90. The first-order valence-electron chi connectivity index (χ1n) is 11.8. The molecule has 2 aromatic carbocycles. The number of benzene rings is 2. The van der Waals surface area contributed by atoms with Crippen LogP contribution in [0.1, 0.15) is 40.8 Å². The highest BCUT2D eigenvalue weighted by Gasteiger charge is 2.28. The summed E-state index contributed by atoms with van der Waals surface area (Å²) in [5.41, 5.74) is 9.55. The van der Waals surface area contributed by atoms with E-state index >= 15 is 0 Å². The van der Waals surface area contributed by atoms with Gasteiger partial charge in [-0.2, -0.15) is 0 Å². The molecule has 0 N–H and O–H groups in total.